The van der Waals surface area contributed by atoms with Crippen LogP contribution in [0.4, 0.5) is 0 Å². The quantitative estimate of drug-likeness (QED) is 0.215. The molecule has 0 unspecified atom stereocenters. The number of nitrogens with zero attached hydrogens (tertiary/aromatic N) is 2. The van der Waals surface area contributed by atoms with E-state index in [1.807, 2.05) is 0 Å². The van der Waals surface area contributed by atoms with Crippen molar-refractivity contribution < 1.29 is 18.4 Å². The zero-order valence-electron chi connectivity index (χ0n) is 19.8. The number of rotatable bonds is 14. The number of ether oxygens (including phenoxy) is 1. The standard InChI is InChI=1S/C20H39N3O3/c1-5-6-7-8-9-10-11-12-13-14-15-18(24)22-20(21)23(4)16-19(25)26-17(2)3/h17H,5-16H2,1-4H3,(H2,21,22,24)/i4D3. The third-order valence-corrected chi connectivity index (χ3v) is 3.91. The summed E-state index contributed by atoms with van der Waals surface area (Å²) in [7, 11) is 0. The van der Waals surface area contributed by atoms with Crippen LogP contribution in [0, 0.1) is 0 Å². The molecule has 0 atom stereocenters. The van der Waals surface area contributed by atoms with Crippen LogP contribution in [0.2, 0.25) is 0 Å². The average molecular weight is 373 g/mol. The van der Waals surface area contributed by atoms with Gasteiger partial charge in [0.05, 0.1) is 6.10 Å². The van der Waals surface area contributed by atoms with Gasteiger partial charge in [-0.25, -0.2) is 0 Å². The predicted octanol–water partition coefficient (Wildman–Crippen LogP) is 4.02. The Bertz CT molecular complexity index is 509. The minimum Gasteiger partial charge on any atom is -0.462 e. The highest BCUT2D eigenvalue weighted by molar-refractivity contribution is 5.93. The third kappa shape index (κ3) is 14.7. The van der Waals surface area contributed by atoms with Crippen LogP contribution in [0.3, 0.4) is 0 Å². The zero-order chi connectivity index (χ0) is 22.3. The summed E-state index contributed by atoms with van der Waals surface area (Å²) in [6.45, 7) is 2.24. The fourth-order valence-electron chi connectivity index (χ4n) is 2.52. The molecule has 0 rings (SSSR count). The van der Waals surface area contributed by atoms with Crippen molar-refractivity contribution in [3.63, 3.8) is 0 Å². The fourth-order valence-corrected chi connectivity index (χ4v) is 2.52. The first-order chi connectivity index (χ1) is 13.6. The van der Waals surface area contributed by atoms with Gasteiger partial charge in [-0.15, -0.1) is 0 Å². The van der Waals surface area contributed by atoms with Crippen molar-refractivity contribution in [2.24, 2.45) is 10.7 Å². The molecule has 0 bridgehead atoms. The van der Waals surface area contributed by atoms with E-state index < -0.39 is 31.4 Å². The normalized spacial score (nSPS) is 13.8. The number of amides is 1. The van der Waals surface area contributed by atoms with Crippen LogP contribution in [0.25, 0.3) is 0 Å². The zero-order valence-corrected chi connectivity index (χ0v) is 16.8. The Balaban J connectivity index is 4.27. The van der Waals surface area contributed by atoms with Crippen LogP contribution in [0.15, 0.2) is 4.99 Å². The van der Waals surface area contributed by atoms with Crippen molar-refractivity contribution in [1.29, 1.82) is 0 Å². The van der Waals surface area contributed by atoms with E-state index in [0.29, 0.717) is 11.3 Å². The Morgan fingerprint density at radius 2 is 1.58 bits per heavy atom. The van der Waals surface area contributed by atoms with Gasteiger partial charge in [-0.3, -0.25) is 9.59 Å². The Kier molecular flexibility index (Phi) is 11.5. The number of esters is 1. The Morgan fingerprint density at radius 3 is 2.08 bits per heavy atom. The molecule has 0 heterocycles. The van der Waals surface area contributed by atoms with Crippen LogP contribution in [0.1, 0.15) is 95.5 Å². The summed E-state index contributed by atoms with van der Waals surface area (Å²) in [5.41, 5.74) is 5.69. The van der Waals surface area contributed by atoms with E-state index in [9.17, 15) is 9.59 Å². The van der Waals surface area contributed by atoms with Gasteiger partial charge in [-0.05, 0) is 20.3 Å². The van der Waals surface area contributed by atoms with Crippen LogP contribution in [-0.4, -0.2) is 42.4 Å². The van der Waals surface area contributed by atoms with Crippen molar-refractivity contribution in [2.75, 3.05) is 13.5 Å². The monoisotopic (exact) mass is 372 g/mol. The maximum Gasteiger partial charge on any atom is 0.325 e. The van der Waals surface area contributed by atoms with E-state index >= 15 is 0 Å². The first-order valence-corrected chi connectivity index (χ1v) is 9.92. The van der Waals surface area contributed by atoms with E-state index in [0.717, 1.165) is 19.3 Å². The highest BCUT2D eigenvalue weighted by Gasteiger charge is 2.12. The van der Waals surface area contributed by atoms with E-state index in [1.165, 1.54) is 38.5 Å². The van der Waals surface area contributed by atoms with E-state index in [2.05, 4.69) is 11.9 Å². The lowest BCUT2D eigenvalue weighted by Crippen LogP contribution is -2.39. The lowest BCUT2D eigenvalue weighted by atomic mass is 10.1. The molecule has 0 saturated heterocycles. The second-order valence-corrected chi connectivity index (χ2v) is 6.92. The molecular formula is C20H39N3O3. The van der Waals surface area contributed by atoms with Crippen molar-refractivity contribution in [1.82, 2.24) is 4.90 Å². The molecule has 0 aromatic heterocycles. The van der Waals surface area contributed by atoms with Crippen LogP contribution in [0.5, 0.6) is 0 Å². The summed E-state index contributed by atoms with van der Waals surface area (Å²) in [4.78, 5) is 28.0. The van der Waals surface area contributed by atoms with Crippen molar-refractivity contribution in [3.8, 4) is 0 Å². The van der Waals surface area contributed by atoms with Crippen molar-refractivity contribution in [2.45, 2.75) is 97.5 Å². The number of carbonyl (C=O) groups is 2. The van der Waals surface area contributed by atoms with Crippen LogP contribution >= 0.6 is 0 Å². The minimum absolute atomic E-state index is 0.211. The molecule has 0 spiro atoms. The molecule has 0 aromatic rings. The van der Waals surface area contributed by atoms with Gasteiger partial charge in [0.25, 0.3) is 0 Å². The van der Waals surface area contributed by atoms with E-state index in [1.54, 1.807) is 13.8 Å². The van der Waals surface area contributed by atoms with Gasteiger partial charge >= 0.3 is 5.97 Å². The van der Waals surface area contributed by atoms with E-state index in [-0.39, 0.29) is 12.5 Å². The number of unbranched alkanes of at least 4 members (excludes halogenated alkanes) is 9. The molecule has 152 valence electrons. The van der Waals surface area contributed by atoms with Gasteiger partial charge in [0.2, 0.25) is 5.91 Å². The number of hydrogen-bond acceptors (Lipinski definition) is 3. The van der Waals surface area contributed by atoms with Gasteiger partial charge in [-0.1, -0.05) is 64.7 Å². The minimum atomic E-state index is -2.69. The number of likely N-dealkylation sites (N-methyl/N-ethyl adjacent to an activating group) is 1. The van der Waals surface area contributed by atoms with Gasteiger partial charge in [0.1, 0.15) is 6.54 Å². The summed E-state index contributed by atoms with van der Waals surface area (Å²) in [6.07, 6.45) is 11.4. The molecule has 6 heteroatoms. The molecule has 0 saturated carbocycles. The smallest absolute Gasteiger partial charge is 0.325 e. The lowest BCUT2D eigenvalue weighted by molar-refractivity contribution is -0.147. The van der Waals surface area contributed by atoms with Crippen LogP contribution in [-0.2, 0) is 14.3 Å². The second-order valence-electron chi connectivity index (χ2n) is 6.92. The summed E-state index contributed by atoms with van der Waals surface area (Å²) in [6, 6.07) is 0. The van der Waals surface area contributed by atoms with Gasteiger partial charge in [0.15, 0.2) is 5.96 Å². The summed E-state index contributed by atoms with van der Waals surface area (Å²) < 4.78 is 27.5. The van der Waals surface area contributed by atoms with Crippen molar-refractivity contribution >= 4 is 17.8 Å². The topological polar surface area (TPSA) is 85.0 Å². The Morgan fingerprint density at radius 1 is 1.04 bits per heavy atom. The number of nitrogens with two attached hydrogens (primary N) is 1. The third-order valence-electron chi connectivity index (χ3n) is 3.91. The lowest BCUT2D eigenvalue weighted by Gasteiger charge is -2.17. The molecule has 0 aliphatic carbocycles. The summed E-state index contributed by atoms with van der Waals surface area (Å²) >= 11 is 0. The molecule has 6 nitrogen and oxygen atoms in total. The maximum atomic E-state index is 12.0. The molecule has 0 radical (unpaired) electrons. The van der Waals surface area contributed by atoms with Crippen molar-refractivity contribution in [3.05, 3.63) is 0 Å². The molecule has 0 aliphatic heterocycles. The molecule has 2 N–H and O–H groups in total. The largest absolute Gasteiger partial charge is 0.462 e. The predicted molar refractivity (Wildman–Crippen MR) is 107 cm³/mol. The van der Waals surface area contributed by atoms with Gasteiger partial charge in [-0.2, -0.15) is 4.99 Å². The fraction of sp³-hybridized carbons (Fsp3) is 0.850. The van der Waals surface area contributed by atoms with Gasteiger partial charge < -0.3 is 15.4 Å². The summed E-state index contributed by atoms with van der Waals surface area (Å²) in [5, 5.41) is 0. The molecule has 26 heavy (non-hydrogen) atoms. The first kappa shape index (κ1) is 19.2. The molecule has 1 amide bonds. The van der Waals surface area contributed by atoms with Crippen LogP contribution < -0.4 is 5.73 Å². The summed E-state index contributed by atoms with van der Waals surface area (Å²) in [5.74, 6) is -1.70. The number of carbonyl (C=O) groups excluding carboxylic acids is 2. The first-order valence-electron chi connectivity index (χ1n) is 11.4. The maximum absolute atomic E-state index is 12.0. The Labute approximate surface area is 163 Å². The average Bonchev–Trinajstić information content (AvgIpc) is 2.59. The molecule has 0 fully saturated rings. The molecule has 0 aromatic carbocycles. The highest BCUT2D eigenvalue weighted by atomic mass is 16.5. The number of guanidine groups is 1. The molecular weight excluding hydrogens is 330 g/mol. The van der Waals surface area contributed by atoms with Gasteiger partial charge in [0, 0.05) is 17.5 Å². The second kappa shape index (κ2) is 15.6. The molecule has 0 aliphatic rings. The Hall–Kier alpha value is -1.59. The van der Waals surface area contributed by atoms with E-state index in [4.69, 9.17) is 14.6 Å². The highest BCUT2D eigenvalue weighted by Crippen LogP contribution is 2.11. The number of hydrogen-bond donors (Lipinski definition) is 1. The number of aliphatic imine (C=N–C) groups is 1. The SMILES string of the molecule is [2H]C([2H])([2H])N(CC(=O)OC(C)C)C(N)=NC(=O)CCCCCCCCCCCC.